The maximum Gasteiger partial charge on any atom is 3.00 e. The summed E-state index contributed by atoms with van der Waals surface area (Å²) in [6.07, 6.45) is 0. The molecule has 2 aliphatic rings. The van der Waals surface area contributed by atoms with Gasteiger partial charge < -0.3 is 22.3 Å². The van der Waals surface area contributed by atoms with Crippen LogP contribution in [-0.4, -0.2) is 35.6 Å². The van der Waals surface area contributed by atoms with Crippen LogP contribution in [0.4, 0.5) is 0 Å². The average Bonchev–Trinajstić information content (AvgIpc) is 2.04. The molecule has 2 rings (SSSR count). The monoisotopic (exact) mass is 271 g/mol. The van der Waals surface area contributed by atoms with Crippen LogP contribution in [0.5, 0.6) is 0 Å². The predicted molar refractivity (Wildman–Crippen MR) is 40.0 cm³/mol. The first-order valence-corrected chi connectivity index (χ1v) is 3.16. The van der Waals surface area contributed by atoms with E-state index in [9.17, 15) is 19.2 Å². The van der Waals surface area contributed by atoms with Crippen molar-refractivity contribution in [1.82, 2.24) is 4.90 Å². The third-order valence-corrected chi connectivity index (χ3v) is 2.10. The van der Waals surface area contributed by atoms with E-state index >= 15 is 0 Å². The van der Waals surface area contributed by atoms with Crippen molar-refractivity contribution < 1.29 is 51.9 Å². The van der Waals surface area contributed by atoms with Gasteiger partial charge in [-0.15, -0.1) is 0 Å². The molecular weight excluding hydrogens is 265 g/mol. The molecule has 14 heavy (non-hydrogen) atoms. The van der Waals surface area contributed by atoms with Gasteiger partial charge in [0, 0.05) is 7.05 Å². The molecule has 2 saturated heterocycles. The third kappa shape index (κ3) is 0.980. The number of imide groups is 2. The summed E-state index contributed by atoms with van der Waals surface area (Å²) >= 11 is 0. The van der Waals surface area contributed by atoms with Crippen molar-refractivity contribution in [2.75, 3.05) is 7.05 Å². The minimum atomic E-state index is -2.05. The number of rotatable bonds is 0. The molecule has 7 heteroatoms. The zero-order valence-corrected chi connectivity index (χ0v) is 10.4. The molecule has 0 radical (unpaired) electrons. The van der Waals surface area contributed by atoms with Crippen molar-refractivity contribution in [3.63, 3.8) is 0 Å². The zero-order valence-electron chi connectivity index (χ0n) is 7.60. The van der Waals surface area contributed by atoms with E-state index < -0.39 is 29.0 Å². The molecule has 0 atom stereocenters. The van der Waals surface area contributed by atoms with Gasteiger partial charge >= 0.3 is 32.7 Å². The Kier molecular flexibility index (Phi) is 3.36. The largest absolute Gasteiger partial charge is 3.00 e. The van der Waals surface area contributed by atoms with Crippen LogP contribution < -0.4 is 0 Å². The molecule has 6 nitrogen and oxygen atoms in total. The molecule has 1 spiro atoms. The van der Waals surface area contributed by atoms with Crippen LogP contribution >= 0.6 is 0 Å². The summed E-state index contributed by atoms with van der Waals surface area (Å²) in [5.74, 6) is -3.39. The molecule has 0 N–H and O–H groups in total. The molecule has 4 amide bonds. The molecule has 2 fully saturated rings. The van der Waals surface area contributed by atoms with Gasteiger partial charge in [-0.3, -0.25) is 14.5 Å². The van der Waals surface area contributed by atoms with Gasteiger partial charge in [0.25, 0.3) is 11.8 Å². The fourth-order valence-corrected chi connectivity index (χ4v) is 1.30. The van der Waals surface area contributed by atoms with E-state index in [1.165, 1.54) is 7.05 Å². The summed E-state index contributed by atoms with van der Waals surface area (Å²) < 4.78 is 0. The molecule has 0 aromatic heterocycles. The Morgan fingerprint density at radius 1 is 1.07 bits per heavy atom. The molecule has 0 aromatic carbocycles. The van der Waals surface area contributed by atoms with E-state index in [0.29, 0.717) is 0 Å². The molecule has 2 heterocycles. The van der Waals surface area contributed by atoms with Gasteiger partial charge in [-0.25, -0.2) is 0 Å². The van der Waals surface area contributed by atoms with Crippen LogP contribution in [0.15, 0.2) is 0 Å². The molecule has 70 valence electrons. The van der Waals surface area contributed by atoms with Gasteiger partial charge in [-0.05, 0) is 0 Å². The summed E-state index contributed by atoms with van der Waals surface area (Å²) in [5.41, 5.74) is -2.05. The average molecular weight is 271 g/mol. The van der Waals surface area contributed by atoms with Crippen LogP contribution in [-0.2, 0) is 51.9 Å². The number of carbonyl (C=O) groups is 4. The molecular formula is C7H6N2O4Y+. The Balaban J connectivity index is 0.000000845. The van der Waals surface area contributed by atoms with Crippen molar-refractivity contribution in [1.29, 1.82) is 0 Å². The zero-order chi connectivity index (χ0) is 9.09. The van der Waals surface area contributed by atoms with Crippen LogP contribution in [0, 0.1) is 12.8 Å². The van der Waals surface area contributed by atoms with E-state index in [1.54, 1.807) is 0 Å². The Labute approximate surface area is 105 Å². The van der Waals surface area contributed by atoms with E-state index in [4.69, 9.17) is 0 Å². The van der Waals surface area contributed by atoms with Crippen LogP contribution in [0.25, 0.3) is 5.32 Å². The second-order valence-electron chi connectivity index (χ2n) is 2.64. The minimum Gasteiger partial charge on any atom is -0.592 e. The van der Waals surface area contributed by atoms with Crippen molar-refractivity contribution >= 4 is 23.6 Å². The Morgan fingerprint density at radius 3 is 1.64 bits per heavy atom. The molecule has 0 saturated carbocycles. The number of β-lactam (4-membered cyclic amide) rings is 4. The first kappa shape index (κ1) is 13.4. The molecule has 0 bridgehead atoms. The number of hydrogen-bond acceptors (Lipinski definition) is 4. The van der Waals surface area contributed by atoms with E-state index in [-0.39, 0.29) is 40.1 Å². The Bertz CT molecular complexity index is 320. The summed E-state index contributed by atoms with van der Waals surface area (Å²) in [4.78, 5) is 44.3. The van der Waals surface area contributed by atoms with Gasteiger partial charge in [0.15, 0.2) is 0 Å². The predicted octanol–water partition coefficient (Wildman–Crippen LogP) is -1.14. The van der Waals surface area contributed by atoms with Gasteiger partial charge in [0.2, 0.25) is 5.41 Å². The smallest absolute Gasteiger partial charge is 0.592 e. The van der Waals surface area contributed by atoms with Crippen molar-refractivity contribution in [3.8, 4) is 0 Å². The van der Waals surface area contributed by atoms with E-state index in [2.05, 4.69) is 5.32 Å². The fraction of sp³-hybridized carbons (Fsp3) is 0.286. The summed E-state index contributed by atoms with van der Waals surface area (Å²) in [5, 5.41) is 2.89. The minimum absolute atomic E-state index is 0. The van der Waals surface area contributed by atoms with Crippen LogP contribution in [0.3, 0.4) is 0 Å². The summed E-state index contributed by atoms with van der Waals surface area (Å²) in [6.45, 7) is 0. The topological polar surface area (TPSA) is 85.6 Å². The number of amides is 4. The normalized spacial score (nSPS) is 21.6. The van der Waals surface area contributed by atoms with Gasteiger partial charge in [-0.1, -0.05) is 0 Å². The molecule has 2 aliphatic heterocycles. The third-order valence-electron chi connectivity index (χ3n) is 2.10. The number of hydrogen-bond donors (Lipinski definition) is 0. The summed E-state index contributed by atoms with van der Waals surface area (Å²) in [7, 11) is 1.22. The maximum atomic E-state index is 11.0. The second kappa shape index (κ2) is 3.51. The number of likely N-dealkylation sites (tertiary alicyclic amines) is 1. The van der Waals surface area contributed by atoms with Crippen LogP contribution in [0.2, 0.25) is 0 Å². The van der Waals surface area contributed by atoms with Crippen molar-refractivity contribution in [2.24, 2.45) is 5.41 Å². The number of nitrogens with zero attached hydrogens (tertiary/aromatic N) is 2. The fourth-order valence-electron chi connectivity index (χ4n) is 1.30. The van der Waals surface area contributed by atoms with Gasteiger partial charge in [-0.2, -0.15) is 0 Å². The number of carbonyl (C=O) groups excluding carboxylic acids is 4. The van der Waals surface area contributed by atoms with Gasteiger partial charge in [0.05, 0.1) is 11.8 Å². The SMILES string of the molecule is CN1C(=O)C2(C(=O)[N-]C2=O)C1=O.[CH3-].[Y+3]. The Morgan fingerprint density at radius 2 is 1.43 bits per heavy atom. The Hall–Kier alpha value is -0.616. The van der Waals surface area contributed by atoms with Crippen molar-refractivity contribution in [2.45, 2.75) is 0 Å². The van der Waals surface area contributed by atoms with E-state index in [0.717, 1.165) is 4.90 Å². The van der Waals surface area contributed by atoms with E-state index in [1.807, 2.05) is 0 Å². The first-order chi connectivity index (χ1) is 5.52. The molecule has 0 aromatic rings. The van der Waals surface area contributed by atoms with Gasteiger partial charge in [0.1, 0.15) is 0 Å². The first-order valence-electron chi connectivity index (χ1n) is 3.16. The second-order valence-corrected chi connectivity index (χ2v) is 2.64. The summed E-state index contributed by atoms with van der Waals surface area (Å²) in [6, 6.07) is 0. The van der Waals surface area contributed by atoms with Crippen LogP contribution in [0.1, 0.15) is 0 Å². The quantitative estimate of drug-likeness (QED) is 0.316. The maximum absolute atomic E-state index is 11.0. The standard InChI is InChI=1S/C6H4N2O4.CH3.Y/c1-8-4(11)6(5(8)12)2(9)7-3(6)10;;/h1H3,(H,7,9,10);1H3;/q;-1;+3/p-1. The van der Waals surface area contributed by atoms with Crippen molar-refractivity contribution in [3.05, 3.63) is 12.7 Å². The molecule has 0 aliphatic carbocycles. The molecule has 0 unspecified atom stereocenters.